The van der Waals surface area contributed by atoms with Crippen LogP contribution < -0.4 is 4.74 Å². The van der Waals surface area contributed by atoms with Crippen molar-refractivity contribution in [2.24, 2.45) is 0 Å². The molecule has 0 aromatic heterocycles. The molecular weight excluding hydrogens is 240 g/mol. The monoisotopic (exact) mass is 256 g/mol. The Labute approximate surface area is 112 Å². The van der Waals surface area contributed by atoms with Crippen molar-refractivity contribution in [1.29, 1.82) is 0 Å². The first-order valence-corrected chi connectivity index (χ1v) is 6.12. The molecule has 0 heterocycles. The van der Waals surface area contributed by atoms with E-state index in [1.807, 2.05) is 49.4 Å². The number of benzene rings is 2. The van der Waals surface area contributed by atoms with E-state index in [4.69, 9.17) is 9.84 Å². The molecule has 1 N–H and O–H groups in total. The SMILES string of the molecule is Cc1ccc(C(=O)CO)c(OCc2ccccc2)c1. The second-order valence-corrected chi connectivity index (χ2v) is 4.36. The molecule has 3 nitrogen and oxygen atoms in total. The summed E-state index contributed by atoms with van der Waals surface area (Å²) in [4.78, 5) is 11.6. The number of aliphatic hydroxyl groups is 1. The third-order valence-electron chi connectivity index (χ3n) is 2.82. The first-order valence-electron chi connectivity index (χ1n) is 6.12. The third kappa shape index (κ3) is 3.42. The fourth-order valence-corrected chi connectivity index (χ4v) is 1.80. The van der Waals surface area contributed by atoms with Gasteiger partial charge in [-0.25, -0.2) is 0 Å². The highest BCUT2D eigenvalue weighted by Gasteiger charge is 2.11. The number of carbonyl (C=O) groups excluding carboxylic acids is 1. The topological polar surface area (TPSA) is 46.5 Å². The molecule has 98 valence electrons. The molecule has 2 rings (SSSR count). The zero-order chi connectivity index (χ0) is 13.7. The fourth-order valence-electron chi connectivity index (χ4n) is 1.80. The van der Waals surface area contributed by atoms with E-state index in [0.717, 1.165) is 11.1 Å². The van der Waals surface area contributed by atoms with Crippen LogP contribution in [0.2, 0.25) is 0 Å². The smallest absolute Gasteiger partial charge is 0.191 e. The molecule has 0 atom stereocenters. The number of hydrogen-bond acceptors (Lipinski definition) is 3. The first-order chi connectivity index (χ1) is 9.20. The van der Waals surface area contributed by atoms with Crippen LogP contribution in [0, 0.1) is 6.92 Å². The summed E-state index contributed by atoms with van der Waals surface area (Å²) < 4.78 is 5.70. The maximum absolute atomic E-state index is 11.6. The predicted octanol–water partition coefficient (Wildman–Crippen LogP) is 2.75. The minimum atomic E-state index is -0.509. The van der Waals surface area contributed by atoms with E-state index < -0.39 is 6.61 Å². The summed E-state index contributed by atoms with van der Waals surface area (Å²) in [5, 5.41) is 8.96. The standard InChI is InChI=1S/C16H16O3/c1-12-7-8-14(15(18)10-17)16(9-12)19-11-13-5-3-2-4-6-13/h2-9,17H,10-11H2,1H3. The van der Waals surface area contributed by atoms with Crippen LogP contribution >= 0.6 is 0 Å². The van der Waals surface area contributed by atoms with Gasteiger partial charge in [0, 0.05) is 0 Å². The van der Waals surface area contributed by atoms with Crippen LogP contribution in [0.4, 0.5) is 0 Å². The molecule has 0 radical (unpaired) electrons. The molecule has 0 fully saturated rings. The molecule has 0 aliphatic carbocycles. The van der Waals surface area contributed by atoms with E-state index in [1.165, 1.54) is 0 Å². The van der Waals surface area contributed by atoms with Crippen LogP contribution in [0.15, 0.2) is 48.5 Å². The molecule has 0 amide bonds. The highest BCUT2D eigenvalue weighted by atomic mass is 16.5. The van der Waals surface area contributed by atoms with Crippen molar-refractivity contribution in [3.63, 3.8) is 0 Å². The summed E-state index contributed by atoms with van der Waals surface area (Å²) >= 11 is 0. The highest BCUT2D eigenvalue weighted by Crippen LogP contribution is 2.22. The highest BCUT2D eigenvalue weighted by molar-refractivity contribution is 5.99. The number of aryl methyl sites for hydroxylation is 1. The summed E-state index contributed by atoms with van der Waals surface area (Å²) in [5.41, 5.74) is 2.47. The zero-order valence-corrected chi connectivity index (χ0v) is 10.8. The summed E-state index contributed by atoms with van der Waals surface area (Å²) in [5.74, 6) is 0.186. The second-order valence-electron chi connectivity index (χ2n) is 4.36. The Morgan fingerprint density at radius 3 is 2.58 bits per heavy atom. The minimum Gasteiger partial charge on any atom is -0.488 e. The molecule has 0 saturated carbocycles. The molecule has 19 heavy (non-hydrogen) atoms. The number of hydrogen-bond donors (Lipinski definition) is 1. The van der Waals surface area contributed by atoms with Crippen LogP contribution in [0.1, 0.15) is 21.5 Å². The quantitative estimate of drug-likeness (QED) is 0.837. The molecule has 0 bridgehead atoms. The molecule has 2 aromatic carbocycles. The largest absolute Gasteiger partial charge is 0.488 e. The Balaban J connectivity index is 2.19. The van der Waals surface area contributed by atoms with E-state index in [2.05, 4.69) is 0 Å². The van der Waals surface area contributed by atoms with Crippen molar-refractivity contribution < 1.29 is 14.6 Å². The maximum atomic E-state index is 11.6. The van der Waals surface area contributed by atoms with Gasteiger partial charge in [-0.3, -0.25) is 4.79 Å². The van der Waals surface area contributed by atoms with Gasteiger partial charge < -0.3 is 9.84 Å². The van der Waals surface area contributed by atoms with Gasteiger partial charge in [-0.1, -0.05) is 36.4 Å². The maximum Gasteiger partial charge on any atom is 0.191 e. The van der Waals surface area contributed by atoms with Gasteiger partial charge in [-0.05, 0) is 30.2 Å². The van der Waals surface area contributed by atoms with Crippen LogP contribution in [0.5, 0.6) is 5.75 Å². The third-order valence-corrected chi connectivity index (χ3v) is 2.82. The Morgan fingerprint density at radius 2 is 1.89 bits per heavy atom. The van der Waals surface area contributed by atoms with Gasteiger partial charge in [-0.15, -0.1) is 0 Å². The Bertz CT molecular complexity index is 561. The van der Waals surface area contributed by atoms with E-state index in [9.17, 15) is 4.79 Å². The number of ketones is 1. The average molecular weight is 256 g/mol. The van der Waals surface area contributed by atoms with Crippen molar-refractivity contribution in [2.45, 2.75) is 13.5 Å². The molecular formula is C16H16O3. The first kappa shape index (κ1) is 13.3. The predicted molar refractivity (Wildman–Crippen MR) is 73.4 cm³/mol. The lowest BCUT2D eigenvalue weighted by atomic mass is 10.1. The normalized spacial score (nSPS) is 10.2. The number of ether oxygens (including phenoxy) is 1. The number of rotatable bonds is 5. The molecule has 0 saturated heterocycles. The average Bonchev–Trinajstić information content (AvgIpc) is 2.45. The minimum absolute atomic E-state index is 0.330. The van der Waals surface area contributed by atoms with Gasteiger partial charge in [0.15, 0.2) is 5.78 Å². The van der Waals surface area contributed by atoms with Crippen LogP contribution in [0.3, 0.4) is 0 Å². The Morgan fingerprint density at radius 1 is 1.16 bits per heavy atom. The van der Waals surface area contributed by atoms with Gasteiger partial charge >= 0.3 is 0 Å². The molecule has 0 aliphatic heterocycles. The number of carbonyl (C=O) groups is 1. The van der Waals surface area contributed by atoms with Gasteiger partial charge in [0.25, 0.3) is 0 Å². The molecule has 2 aromatic rings. The zero-order valence-electron chi connectivity index (χ0n) is 10.8. The van der Waals surface area contributed by atoms with Crippen molar-refractivity contribution in [3.05, 3.63) is 65.2 Å². The van der Waals surface area contributed by atoms with Crippen LogP contribution in [-0.2, 0) is 6.61 Å². The molecule has 0 unspecified atom stereocenters. The Hall–Kier alpha value is -2.13. The number of aliphatic hydroxyl groups excluding tert-OH is 1. The van der Waals surface area contributed by atoms with Crippen molar-refractivity contribution in [2.75, 3.05) is 6.61 Å². The second kappa shape index (κ2) is 6.16. The lowest BCUT2D eigenvalue weighted by molar-refractivity contribution is 0.0899. The van der Waals surface area contributed by atoms with E-state index >= 15 is 0 Å². The van der Waals surface area contributed by atoms with Crippen LogP contribution in [0.25, 0.3) is 0 Å². The van der Waals surface area contributed by atoms with E-state index in [-0.39, 0.29) is 5.78 Å². The van der Waals surface area contributed by atoms with E-state index in [0.29, 0.717) is 17.9 Å². The summed E-state index contributed by atoms with van der Waals surface area (Å²) in [6, 6.07) is 15.1. The van der Waals surface area contributed by atoms with Crippen molar-refractivity contribution >= 4 is 5.78 Å². The molecule has 0 aliphatic rings. The van der Waals surface area contributed by atoms with Crippen LogP contribution in [-0.4, -0.2) is 17.5 Å². The summed E-state index contributed by atoms with van der Waals surface area (Å²) in [7, 11) is 0. The number of Topliss-reactive ketones (excluding diaryl/α,β-unsaturated/α-hetero) is 1. The lowest BCUT2D eigenvalue weighted by Crippen LogP contribution is -2.08. The van der Waals surface area contributed by atoms with Gasteiger partial charge in [0.2, 0.25) is 0 Å². The van der Waals surface area contributed by atoms with Gasteiger partial charge in [0.05, 0.1) is 5.56 Å². The summed E-state index contributed by atoms with van der Waals surface area (Å²) in [6.07, 6.45) is 0. The Kier molecular flexibility index (Phi) is 4.31. The summed E-state index contributed by atoms with van der Waals surface area (Å²) in [6.45, 7) is 1.82. The lowest BCUT2D eigenvalue weighted by Gasteiger charge is -2.11. The van der Waals surface area contributed by atoms with Gasteiger partial charge in [-0.2, -0.15) is 0 Å². The van der Waals surface area contributed by atoms with Gasteiger partial charge in [0.1, 0.15) is 19.0 Å². The van der Waals surface area contributed by atoms with E-state index in [1.54, 1.807) is 6.07 Å². The fraction of sp³-hybridized carbons (Fsp3) is 0.188. The van der Waals surface area contributed by atoms with Crippen molar-refractivity contribution in [1.82, 2.24) is 0 Å². The molecule has 3 heteroatoms. The molecule has 0 spiro atoms. The van der Waals surface area contributed by atoms with Crippen molar-refractivity contribution in [3.8, 4) is 5.75 Å².